The van der Waals surface area contributed by atoms with Gasteiger partial charge < -0.3 is 10.4 Å². The SMILES string of the molecule is CCCCC1C(c2ccc(C)cc2)=NN(c2ccc(F)cc2F)C1(C)C(=O)NCCCCC(C)(C)O. The summed E-state index contributed by atoms with van der Waals surface area (Å²) in [6.45, 7) is 9.86. The lowest BCUT2D eigenvalue weighted by Gasteiger charge is -2.37. The minimum absolute atomic E-state index is 0.0692. The Morgan fingerprint density at radius 3 is 2.44 bits per heavy atom. The van der Waals surface area contributed by atoms with Crippen LogP contribution in [0.1, 0.15) is 77.3 Å². The molecule has 2 N–H and O–H groups in total. The normalized spacial score (nSPS) is 19.9. The number of aliphatic hydroxyl groups is 1. The van der Waals surface area contributed by atoms with Gasteiger partial charge in [-0.15, -0.1) is 0 Å². The van der Waals surface area contributed by atoms with E-state index < -0.39 is 22.8 Å². The molecule has 3 rings (SSSR count). The van der Waals surface area contributed by atoms with Crippen molar-refractivity contribution in [1.29, 1.82) is 0 Å². The van der Waals surface area contributed by atoms with Crippen LogP contribution in [-0.2, 0) is 4.79 Å². The van der Waals surface area contributed by atoms with Gasteiger partial charge in [0.1, 0.15) is 11.4 Å². The molecule has 7 heteroatoms. The van der Waals surface area contributed by atoms with Gasteiger partial charge in [0.15, 0.2) is 5.82 Å². The van der Waals surface area contributed by atoms with Crippen LogP contribution in [0.3, 0.4) is 0 Å². The zero-order valence-corrected chi connectivity index (χ0v) is 22.1. The van der Waals surface area contributed by atoms with Crippen LogP contribution in [0, 0.1) is 24.5 Å². The minimum atomic E-state index is -1.20. The molecule has 1 heterocycles. The van der Waals surface area contributed by atoms with E-state index in [0.29, 0.717) is 25.8 Å². The van der Waals surface area contributed by atoms with Crippen LogP contribution in [0.2, 0.25) is 0 Å². The number of unbranched alkanes of at least 4 members (excludes halogenated alkanes) is 2. The third-order valence-corrected chi connectivity index (χ3v) is 6.95. The lowest BCUT2D eigenvalue weighted by Crippen LogP contribution is -2.58. The van der Waals surface area contributed by atoms with Crippen molar-refractivity contribution in [3.05, 3.63) is 65.2 Å². The highest BCUT2D eigenvalue weighted by Crippen LogP contribution is 2.42. The number of nitrogens with zero attached hydrogens (tertiary/aromatic N) is 2. The van der Waals surface area contributed by atoms with Gasteiger partial charge in [-0.05, 0) is 71.1 Å². The molecule has 36 heavy (non-hydrogen) atoms. The van der Waals surface area contributed by atoms with E-state index in [4.69, 9.17) is 5.10 Å². The quantitative estimate of drug-likeness (QED) is 0.366. The molecule has 1 aliphatic heterocycles. The number of anilines is 1. The summed E-state index contributed by atoms with van der Waals surface area (Å²) in [5.41, 5.74) is 0.836. The molecule has 2 aromatic carbocycles. The molecule has 0 saturated carbocycles. The van der Waals surface area contributed by atoms with Crippen molar-refractivity contribution in [3.63, 3.8) is 0 Å². The molecule has 196 valence electrons. The first-order chi connectivity index (χ1) is 17.0. The summed E-state index contributed by atoms with van der Waals surface area (Å²) in [5.74, 6) is -1.98. The monoisotopic (exact) mass is 499 g/mol. The number of nitrogens with one attached hydrogen (secondary N) is 1. The summed E-state index contributed by atoms with van der Waals surface area (Å²) in [7, 11) is 0. The maximum atomic E-state index is 15.0. The summed E-state index contributed by atoms with van der Waals surface area (Å²) in [4.78, 5) is 13.8. The number of aryl methyl sites for hydroxylation is 1. The molecule has 0 saturated heterocycles. The number of amides is 1. The molecular weight excluding hydrogens is 460 g/mol. The van der Waals surface area contributed by atoms with Crippen LogP contribution < -0.4 is 10.3 Å². The van der Waals surface area contributed by atoms with Gasteiger partial charge in [0.05, 0.1) is 17.0 Å². The number of hydrazone groups is 1. The number of benzene rings is 2. The maximum Gasteiger partial charge on any atom is 0.248 e. The molecule has 5 nitrogen and oxygen atoms in total. The van der Waals surface area contributed by atoms with Crippen LogP contribution in [0.25, 0.3) is 0 Å². The molecule has 0 aromatic heterocycles. The van der Waals surface area contributed by atoms with E-state index in [1.165, 1.54) is 17.1 Å². The molecule has 0 spiro atoms. The lowest BCUT2D eigenvalue weighted by atomic mass is 9.76. The Balaban J connectivity index is 1.98. The second kappa shape index (κ2) is 11.5. The average molecular weight is 500 g/mol. The van der Waals surface area contributed by atoms with Crippen molar-refractivity contribution in [2.24, 2.45) is 11.0 Å². The summed E-state index contributed by atoms with van der Waals surface area (Å²) in [6.07, 6.45) is 4.63. The highest BCUT2D eigenvalue weighted by atomic mass is 19.1. The largest absolute Gasteiger partial charge is 0.390 e. The van der Waals surface area contributed by atoms with E-state index in [1.807, 2.05) is 31.2 Å². The van der Waals surface area contributed by atoms with Crippen molar-refractivity contribution in [2.75, 3.05) is 11.6 Å². The number of carbonyl (C=O) groups is 1. The third kappa shape index (κ3) is 6.30. The van der Waals surface area contributed by atoms with E-state index in [1.54, 1.807) is 20.8 Å². The van der Waals surface area contributed by atoms with Gasteiger partial charge in [0.2, 0.25) is 5.91 Å². The molecule has 1 aliphatic rings. The van der Waals surface area contributed by atoms with E-state index in [-0.39, 0.29) is 17.5 Å². The predicted molar refractivity (Wildman–Crippen MR) is 141 cm³/mol. The zero-order valence-electron chi connectivity index (χ0n) is 22.1. The van der Waals surface area contributed by atoms with E-state index in [0.717, 1.165) is 42.2 Å². The van der Waals surface area contributed by atoms with E-state index in [2.05, 4.69) is 12.2 Å². The fourth-order valence-corrected chi connectivity index (χ4v) is 4.78. The fraction of sp³-hybridized carbons (Fsp3) is 0.517. The average Bonchev–Trinajstić information content (AvgIpc) is 3.10. The lowest BCUT2D eigenvalue weighted by molar-refractivity contribution is -0.126. The molecule has 1 amide bonds. The van der Waals surface area contributed by atoms with Gasteiger partial charge in [-0.25, -0.2) is 13.8 Å². The van der Waals surface area contributed by atoms with Crippen molar-refractivity contribution < 1.29 is 18.7 Å². The van der Waals surface area contributed by atoms with Gasteiger partial charge in [-0.1, -0.05) is 49.6 Å². The van der Waals surface area contributed by atoms with Crippen LogP contribution in [0.15, 0.2) is 47.6 Å². The molecule has 0 aliphatic carbocycles. The first-order valence-corrected chi connectivity index (χ1v) is 12.9. The molecule has 0 radical (unpaired) electrons. The first-order valence-electron chi connectivity index (χ1n) is 12.9. The predicted octanol–water partition coefficient (Wildman–Crippen LogP) is 6.12. The fourth-order valence-electron chi connectivity index (χ4n) is 4.78. The van der Waals surface area contributed by atoms with Gasteiger partial charge in [-0.3, -0.25) is 4.79 Å². The summed E-state index contributed by atoms with van der Waals surface area (Å²) < 4.78 is 28.8. The highest BCUT2D eigenvalue weighted by molar-refractivity contribution is 6.10. The Morgan fingerprint density at radius 2 is 1.83 bits per heavy atom. The number of rotatable bonds is 11. The van der Waals surface area contributed by atoms with Crippen molar-refractivity contribution in [1.82, 2.24) is 5.32 Å². The second-order valence-electron chi connectivity index (χ2n) is 10.6. The zero-order chi connectivity index (χ0) is 26.5. The van der Waals surface area contributed by atoms with Crippen LogP contribution in [-0.4, -0.2) is 34.4 Å². The third-order valence-electron chi connectivity index (χ3n) is 6.95. The second-order valence-corrected chi connectivity index (χ2v) is 10.6. The van der Waals surface area contributed by atoms with E-state index >= 15 is 4.39 Å². The molecule has 0 fully saturated rings. The molecule has 0 bridgehead atoms. The summed E-state index contributed by atoms with van der Waals surface area (Å²) in [6, 6.07) is 11.3. The number of hydrogen-bond acceptors (Lipinski definition) is 4. The Bertz CT molecular complexity index is 1080. The number of carbonyl (C=O) groups excluding carboxylic acids is 1. The molecule has 2 aromatic rings. The Labute approximate surface area is 213 Å². The molecule has 2 atom stereocenters. The van der Waals surface area contributed by atoms with Crippen LogP contribution >= 0.6 is 0 Å². The number of hydrogen-bond donors (Lipinski definition) is 2. The van der Waals surface area contributed by atoms with Crippen LogP contribution in [0.5, 0.6) is 0 Å². The molecular formula is C29H39F2N3O2. The van der Waals surface area contributed by atoms with E-state index in [9.17, 15) is 14.3 Å². The van der Waals surface area contributed by atoms with Gasteiger partial charge in [0.25, 0.3) is 0 Å². The van der Waals surface area contributed by atoms with Gasteiger partial charge in [-0.2, -0.15) is 5.10 Å². The van der Waals surface area contributed by atoms with Crippen molar-refractivity contribution in [3.8, 4) is 0 Å². The Morgan fingerprint density at radius 1 is 1.14 bits per heavy atom. The summed E-state index contributed by atoms with van der Waals surface area (Å²) >= 11 is 0. The first kappa shape index (κ1) is 27.8. The smallest absolute Gasteiger partial charge is 0.248 e. The highest BCUT2D eigenvalue weighted by Gasteiger charge is 2.54. The Hall–Kier alpha value is -2.80. The maximum absolute atomic E-state index is 15.0. The van der Waals surface area contributed by atoms with Gasteiger partial charge in [0, 0.05) is 18.5 Å². The summed E-state index contributed by atoms with van der Waals surface area (Å²) in [5, 5.41) is 19.3. The van der Waals surface area contributed by atoms with Crippen molar-refractivity contribution >= 4 is 17.3 Å². The van der Waals surface area contributed by atoms with Crippen molar-refractivity contribution in [2.45, 2.75) is 84.3 Å². The molecule has 2 unspecified atom stereocenters. The van der Waals surface area contributed by atoms with Crippen LogP contribution in [0.4, 0.5) is 14.5 Å². The Kier molecular flexibility index (Phi) is 8.88. The topological polar surface area (TPSA) is 64.9 Å². The minimum Gasteiger partial charge on any atom is -0.390 e. The number of halogens is 2. The van der Waals surface area contributed by atoms with Gasteiger partial charge >= 0.3 is 0 Å². The standard InChI is InChI=1S/C29H39F2N3O2/c1-6-7-10-23-26(21-13-11-20(2)12-14-21)33-34(25-16-15-22(30)19-24(25)31)29(23,5)27(35)32-18-9-8-17-28(3,4)36/h11-16,19,23,36H,6-10,17-18H2,1-5H3,(H,32,35).